The van der Waals surface area contributed by atoms with Gasteiger partial charge in [0.1, 0.15) is 23.0 Å². The van der Waals surface area contributed by atoms with Gasteiger partial charge in [-0.2, -0.15) is 0 Å². The highest BCUT2D eigenvalue weighted by molar-refractivity contribution is 14.0. The first-order chi connectivity index (χ1) is 14.6. The molecule has 2 aromatic heterocycles. The van der Waals surface area contributed by atoms with Gasteiger partial charge in [-0.3, -0.25) is 4.99 Å². The maximum atomic E-state index is 14.1. The number of anilines is 1. The van der Waals surface area contributed by atoms with Crippen LogP contribution in [0.15, 0.2) is 53.8 Å². The molecule has 4 rings (SSSR count). The molecule has 166 valence electrons. The second-order valence-electron chi connectivity index (χ2n) is 7.36. The Morgan fingerprint density at radius 2 is 2.00 bits per heavy atom. The van der Waals surface area contributed by atoms with E-state index >= 15 is 0 Å². The Morgan fingerprint density at radius 3 is 2.74 bits per heavy atom. The standard InChI is InChI=1S/C22H26F2N6.HI/c1-2-25-22(26-11-9-16-14-29-12-4-3-8-20(29)27-16)28-17-10-13-30(15-17)21-18(23)6-5-7-19(21)24;/h3-8,12,14,17H,2,9-11,13,15H2,1H3,(H2,25,26,28);1H. The summed E-state index contributed by atoms with van der Waals surface area (Å²) in [6.45, 7) is 4.45. The molecule has 1 saturated heterocycles. The van der Waals surface area contributed by atoms with Crippen molar-refractivity contribution in [3.05, 3.63) is 66.1 Å². The molecule has 31 heavy (non-hydrogen) atoms. The topological polar surface area (TPSA) is 57.0 Å². The van der Waals surface area contributed by atoms with E-state index in [0.29, 0.717) is 25.6 Å². The van der Waals surface area contributed by atoms with Gasteiger partial charge < -0.3 is 19.9 Å². The Kier molecular flexibility index (Phi) is 8.05. The van der Waals surface area contributed by atoms with E-state index in [2.05, 4.69) is 20.6 Å². The SMILES string of the molecule is CCNC(=NCCc1cn2ccccc2n1)NC1CCN(c2c(F)cccc2F)C1.I. The zero-order chi connectivity index (χ0) is 20.9. The average Bonchev–Trinajstić information content (AvgIpc) is 3.34. The van der Waals surface area contributed by atoms with Crippen molar-refractivity contribution >= 4 is 41.3 Å². The second kappa shape index (κ2) is 10.7. The van der Waals surface area contributed by atoms with E-state index < -0.39 is 11.6 Å². The Bertz CT molecular complexity index is 985. The number of fused-ring (bicyclic) bond motifs is 1. The number of rotatable bonds is 6. The van der Waals surface area contributed by atoms with Crippen LogP contribution in [-0.2, 0) is 6.42 Å². The third-order valence-electron chi connectivity index (χ3n) is 5.18. The Hall–Kier alpha value is -2.43. The molecule has 0 bridgehead atoms. The summed E-state index contributed by atoms with van der Waals surface area (Å²) >= 11 is 0. The largest absolute Gasteiger partial charge is 0.365 e. The highest BCUT2D eigenvalue weighted by atomic mass is 127. The van der Waals surface area contributed by atoms with E-state index in [9.17, 15) is 8.78 Å². The molecule has 2 N–H and O–H groups in total. The molecule has 0 aliphatic carbocycles. The van der Waals surface area contributed by atoms with Gasteiger partial charge in [0.2, 0.25) is 0 Å². The van der Waals surface area contributed by atoms with Gasteiger partial charge in [0.05, 0.1) is 5.69 Å². The summed E-state index contributed by atoms with van der Waals surface area (Å²) in [6.07, 6.45) is 5.51. The number of para-hydroxylation sites is 1. The van der Waals surface area contributed by atoms with Gasteiger partial charge in [0.15, 0.2) is 5.96 Å². The smallest absolute Gasteiger partial charge is 0.191 e. The summed E-state index contributed by atoms with van der Waals surface area (Å²) in [5, 5.41) is 6.64. The van der Waals surface area contributed by atoms with Crippen LogP contribution in [0.5, 0.6) is 0 Å². The van der Waals surface area contributed by atoms with Crippen LogP contribution in [0.1, 0.15) is 19.0 Å². The Balaban J connectivity index is 0.00000272. The lowest BCUT2D eigenvalue weighted by Crippen LogP contribution is -2.44. The number of halogens is 3. The summed E-state index contributed by atoms with van der Waals surface area (Å²) < 4.78 is 30.1. The third-order valence-corrected chi connectivity index (χ3v) is 5.18. The van der Waals surface area contributed by atoms with Crippen molar-refractivity contribution in [2.45, 2.75) is 25.8 Å². The molecule has 1 aliphatic rings. The minimum Gasteiger partial charge on any atom is -0.365 e. The number of hydrogen-bond donors (Lipinski definition) is 2. The quantitative estimate of drug-likeness (QED) is 0.285. The molecular formula is C22H27F2IN6. The summed E-state index contributed by atoms with van der Waals surface area (Å²) in [5.74, 6) is -0.338. The van der Waals surface area contributed by atoms with Crippen molar-refractivity contribution < 1.29 is 8.78 Å². The predicted molar refractivity (Wildman–Crippen MR) is 130 cm³/mol. The number of imidazole rings is 1. The van der Waals surface area contributed by atoms with Crippen LogP contribution in [0, 0.1) is 11.6 Å². The fourth-order valence-corrected chi connectivity index (χ4v) is 3.78. The van der Waals surface area contributed by atoms with Gasteiger partial charge in [-0.05, 0) is 37.6 Å². The minimum atomic E-state index is -0.524. The van der Waals surface area contributed by atoms with Crippen LogP contribution >= 0.6 is 24.0 Å². The second-order valence-corrected chi connectivity index (χ2v) is 7.36. The maximum Gasteiger partial charge on any atom is 0.191 e. The van der Waals surface area contributed by atoms with Gasteiger partial charge in [0, 0.05) is 51.0 Å². The van der Waals surface area contributed by atoms with Gasteiger partial charge in [-0.1, -0.05) is 12.1 Å². The summed E-state index contributed by atoms with van der Waals surface area (Å²) in [4.78, 5) is 11.0. The number of aromatic nitrogens is 2. The lowest BCUT2D eigenvalue weighted by Gasteiger charge is -2.21. The molecular weight excluding hydrogens is 513 g/mol. The first kappa shape index (κ1) is 23.2. The number of nitrogens with one attached hydrogen (secondary N) is 2. The predicted octanol–water partition coefficient (Wildman–Crippen LogP) is 3.61. The van der Waals surface area contributed by atoms with Crippen LogP contribution in [-0.4, -0.2) is 47.6 Å². The molecule has 1 fully saturated rings. The van der Waals surface area contributed by atoms with E-state index in [4.69, 9.17) is 0 Å². The van der Waals surface area contributed by atoms with Crippen LogP contribution in [0.25, 0.3) is 5.65 Å². The molecule has 1 aliphatic heterocycles. The number of nitrogens with zero attached hydrogens (tertiary/aromatic N) is 4. The average molecular weight is 540 g/mol. The monoisotopic (exact) mass is 540 g/mol. The minimum absolute atomic E-state index is 0. The van der Waals surface area contributed by atoms with Gasteiger partial charge in [0.25, 0.3) is 0 Å². The number of pyridine rings is 1. The number of benzene rings is 1. The lowest BCUT2D eigenvalue weighted by atomic mass is 10.2. The fourth-order valence-electron chi connectivity index (χ4n) is 3.78. The molecule has 0 spiro atoms. The van der Waals surface area contributed by atoms with Crippen molar-refractivity contribution in [2.24, 2.45) is 4.99 Å². The lowest BCUT2D eigenvalue weighted by molar-refractivity contribution is 0.576. The van der Waals surface area contributed by atoms with E-state index in [1.54, 1.807) is 4.90 Å². The summed E-state index contributed by atoms with van der Waals surface area (Å²) in [5.41, 5.74) is 1.96. The van der Waals surface area contributed by atoms with E-state index in [1.807, 2.05) is 41.9 Å². The summed E-state index contributed by atoms with van der Waals surface area (Å²) in [6, 6.07) is 9.96. The number of hydrogen-bond acceptors (Lipinski definition) is 3. The third kappa shape index (κ3) is 5.63. The summed E-state index contributed by atoms with van der Waals surface area (Å²) in [7, 11) is 0. The van der Waals surface area contributed by atoms with Gasteiger partial charge in [-0.25, -0.2) is 13.8 Å². The van der Waals surface area contributed by atoms with Crippen molar-refractivity contribution in [1.29, 1.82) is 0 Å². The molecule has 6 nitrogen and oxygen atoms in total. The van der Waals surface area contributed by atoms with E-state index in [-0.39, 0.29) is 35.7 Å². The molecule has 3 aromatic rings. The maximum absolute atomic E-state index is 14.1. The van der Waals surface area contributed by atoms with Gasteiger partial charge in [-0.15, -0.1) is 24.0 Å². The molecule has 1 atom stereocenters. The molecule has 9 heteroatoms. The number of guanidine groups is 1. The molecule has 0 saturated carbocycles. The van der Waals surface area contributed by atoms with Crippen LogP contribution in [0.4, 0.5) is 14.5 Å². The van der Waals surface area contributed by atoms with Crippen molar-refractivity contribution in [3.8, 4) is 0 Å². The molecule has 0 radical (unpaired) electrons. The molecule has 1 aromatic carbocycles. The van der Waals surface area contributed by atoms with Crippen molar-refractivity contribution in [2.75, 3.05) is 31.1 Å². The zero-order valence-corrected chi connectivity index (χ0v) is 19.7. The van der Waals surface area contributed by atoms with Crippen LogP contribution < -0.4 is 15.5 Å². The molecule has 0 amide bonds. The van der Waals surface area contributed by atoms with E-state index in [1.165, 1.54) is 18.2 Å². The van der Waals surface area contributed by atoms with Crippen molar-refractivity contribution in [1.82, 2.24) is 20.0 Å². The van der Waals surface area contributed by atoms with E-state index in [0.717, 1.165) is 30.7 Å². The molecule has 3 heterocycles. The fraction of sp³-hybridized carbons (Fsp3) is 0.364. The zero-order valence-electron chi connectivity index (χ0n) is 17.4. The van der Waals surface area contributed by atoms with Crippen LogP contribution in [0.2, 0.25) is 0 Å². The van der Waals surface area contributed by atoms with Crippen molar-refractivity contribution in [3.63, 3.8) is 0 Å². The number of aliphatic imine (C=N–C) groups is 1. The highest BCUT2D eigenvalue weighted by Gasteiger charge is 2.27. The van der Waals surface area contributed by atoms with Gasteiger partial charge >= 0.3 is 0 Å². The molecule has 1 unspecified atom stereocenters. The first-order valence-corrected chi connectivity index (χ1v) is 10.3. The highest BCUT2D eigenvalue weighted by Crippen LogP contribution is 2.26. The van der Waals surface area contributed by atoms with Crippen LogP contribution in [0.3, 0.4) is 0 Å². The first-order valence-electron chi connectivity index (χ1n) is 10.3. The Morgan fingerprint density at radius 1 is 1.19 bits per heavy atom. The normalized spacial score (nSPS) is 16.4. The Labute approximate surface area is 197 Å².